The van der Waals surface area contributed by atoms with Crippen LogP contribution >= 0.6 is 11.3 Å². The van der Waals surface area contributed by atoms with Crippen molar-refractivity contribution in [3.8, 4) is 0 Å². The van der Waals surface area contributed by atoms with Gasteiger partial charge in [0, 0.05) is 11.1 Å². The molecule has 0 spiro atoms. The first kappa shape index (κ1) is 22.5. The monoisotopic (exact) mass is 462 g/mol. The highest BCUT2D eigenvalue weighted by Gasteiger charge is 2.15. The first-order valence-electron chi connectivity index (χ1n) is 9.46. The zero-order valence-corrected chi connectivity index (χ0v) is 18.6. The first-order chi connectivity index (χ1) is 14.8. The predicted octanol–water partition coefficient (Wildman–Crippen LogP) is 3.63. The van der Waals surface area contributed by atoms with Crippen LogP contribution in [0.15, 0.2) is 46.4 Å². The van der Waals surface area contributed by atoms with E-state index in [9.17, 15) is 18.0 Å². The summed E-state index contributed by atoms with van der Waals surface area (Å²) >= 11 is 1.20. The van der Waals surface area contributed by atoms with Crippen LogP contribution in [0.2, 0.25) is 0 Å². The second-order valence-corrected chi connectivity index (χ2v) is 9.40. The Hall–Kier alpha value is -3.18. The van der Waals surface area contributed by atoms with Gasteiger partial charge in [0.2, 0.25) is 15.9 Å². The zero-order chi connectivity index (χ0) is 22.4. The van der Waals surface area contributed by atoms with E-state index in [0.717, 1.165) is 0 Å². The van der Waals surface area contributed by atoms with Crippen LogP contribution in [0.1, 0.15) is 35.2 Å². The van der Waals surface area contributed by atoms with Gasteiger partial charge in [-0.15, -0.1) is 11.3 Å². The predicted molar refractivity (Wildman–Crippen MR) is 120 cm³/mol. The maximum atomic E-state index is 12.5. The van der Waals surface area contributed by atoms with E-state index < -0.39 is 15.9 Å². The molecule has 0 aliphatic heterocycles. The highest BCUT2D eigenvalue weighted by molar-refractivity contribution is 7.92. The van der Waals surface area contributed by atoms with Gasteiger partial charge >= 0.3 is 0 Å². The molecule has 164 valence electrons. The largest absolute Gasteiger partial charge is 0.459 e. The standard InChI is InChI=1S/C20H22N4O5S2/c1-3-10-31(27,28)24-16-7-4-6-15(13(16)2)22-18(25)11-14-12-30-20(21-14)23-19(26)17-8-5-9-29-17/h4-9,12,24H,3,10-11H2,1-2H3,(H,22,25)(H,21,23,26). The summed E-state index contributed by atoms with van der Waals surface area (Å²) in [5, 5.41) is 7.43. The molecule has 31 heavy (non-hydrogen) atoms. The number of aromatic nitrogens is 1. The molecule has 0 atom stereocenters. The fourth-order valence-corrected chi connectivity index (χ4v) is 4.64. The molecule has 1 aromatic carbocycles. The Kier molecular flexibility index (Phi) is 7.08. The minimum atomic E-state index is -3.44. The maximum absolute atomic E-state index is 12.5. The van der Waals surface area contributed by atoms with Crippen molar-refractivity contribution >= 4 is 49.7 Å². The van der Waals surface area contributed by atoms with Gasteiger partial charge in [-0.25, -0.2) is 13.4 Å². The Morgan fingerprint density at radius 1 is 1.13 bits per heavy atom. The maximum Gasteiger partial charge on any atom is 0.293 e. The van der Waals surface area contributed by atoms with Crippen molar-refractivity contribution in [2.45, 2.75) is 26.7 Å². The summed E-state index contributed by atoms with van der Waals surface area (Å²) in [6, 6.07) is 8.15. The molecule has 3 rings (SSSR count). The number of carbonyl (C=O) groups excluding carboxylic acids is 2. The van der Waals surface area contributed by atoms with Crippen LogP contribution < -0.4 is 15.4 Å². The molecule has 0 aliphatic rings. The van der Waals surface area contributed by atoms with E-state index in [1.165, 1.54) is 23.7 Å². The Labute approximate surface area is 183 Å². The minimum Gasteiger partial charge on any atom is -0.459 e. The highest BCUT2D eigenvalue weighted by atomic mass is 32.2. The molecular formula is C20H22N4O5S2. The summed E-state index contributed by atoms with van der Waals surface area (Å²) < 4.78 is 31.7. The molecule has 0 fully saturated rings. The highest BCUT2D eigenvalue weighted by Crippen LogP contribution is 2.25. The van der Waals surface area contributed by atoms with Gasteiger partial charge in [0.25, 0.3) is 5.91 Å². The average molecular weight is 463 g/mol. The number of anilines is 3. The third kappa shape index (κ3) is 6.15. The van der Waals surface area contributed by atoms with Crippen molar-refractivity contribution in [2.75, 3.05) is 21.1 Å². The number of rotatable bonds is 9. The van der Waals surface area contributed by atoms with E-state index in [2.05, 4.69) is 20.3 Å². The van der Waals surface area contributed by atoms with Gasteiger partial charge in [0.05, 0.1) is 29.8 Å². The van der Waals surface area contributed by atoms with E-state index in [0.29, 0.717) is 34.2 Å². The molecule has 2 aromatic heterocycles. The van der Waals surface area contributed by atoms with Gasteiger partial charge in [-0.1, -0.05) is 13.0 Å². The molecule has 0 bridgehead atoms. The average Bonchev–Trinajstić information content (AvgIpc) is 3.37. The number of amides is 2. The molecular weight excluding hydrogens is 440 g/mol. The molecule has 0 radical (unpaired) electrons. The second-order valence-electron chi connectivity index (χ2n) is 6.70. The van der Waals surface area contributed by atoms with Crippen molar-refractivity contribution in [3.05, 3.63) is 59.0 Å². The summed E-state index contributed by atoms with van der Waals surface area (Å²) in [7, 11) is -3.44. The van der Waals surface area contributed by atoms with Gasteiger partial charge in [-0.2, -0.15) is 0 Å². The quantitative estimate of drug-likeness (QED) is 0.445. The number of carbonyl (C=O) groups is 2. The van der Waals surface area contributed by atoms with Gasteiger partial charge in [0.1, 0.15) is 0 Å². The Morgan fingerprint density at radius 3 is 2.61 bits per heavy atom. The van der Waals surface area contributed by atoms with E-state index in [4.69, 9.17) is 4.42 Å². The number of nitrogens with zero attached hydrogens (tertiary/aromatic N) is 1. The third-order valence-corrected chi connectivity index (χ3v) is 6.49. The molecule has 2 heterocycles. The number of nitrogens with one attached hydrogen (secondary N) is 3. The van der Waals surface area contributed by atoms with Crippen molar-refractivity contribution in [1.29, 1.82) is 0 Å². The van der Waals surface area contributed by atoms with E-state index in [1.54, 1.807) is 43.5 Å². The Morgan fingerprint density at radius 2 is 1.90 bits per heavy atom. The molecule has 0 saturated carbocycles. The zero-order valence-electron chi connectivity index (χ0n) is 17.0. The molecule has 2 amide bonds. The topological polar surface area (TPSA) is 130 Å². The second kappa shape index (κ2) is 9.75. The van der Waals surface area contributed by atoms with Gasteiger partial charge in [-0.05, 0) is 43.2 Å². The summed E-state index contributed by atoms with van der Waals surface area (Å²) in [5.74, 6) is -0.551. The van der Waals surface area contributed by atoms with Crippen molar-refractivity contribution in [1.82, 2.24) is 4.98 Å². The van der Waals surface area contributed by atoms with E-state index in [1.807, 2.05) is 0 Å². The van der Waals surface area contributed by atoms with Crippen LogP contribution in [0.3, 0.4) is 0 Å². The van der Waals surface area contributed by atoms with Gasteiger partial charge < -0.3 is 9.73 Å². The van der Waals surface area contributed by atoms with Gasteiger partial charge in [0.15, 0.2) is 10.9 Å². The number of furan rings is 1. The summed E-state index contributed by atoms with van der Waals surface area (Å²) in [6.45, 7) is 3.51. The molecule has 0 unspecified atom stereocenters. The molecule has 3 aromatic rings. The SMILES string of the molecule is CCCS(=O)(=O)Nc1cccc(NC(=O)Cc2csc(NC(=O)c3ccco3)n2)c1C. The van der Waals surface area contributed by atoms with Crippen LogP contribution in [0.4, 0.5) is 16.5 Å². The molecule has 11 heteroatoms. The summed E-state index contributed by atoms with van der Waals surface area (Å²) in [5.41, 5.74) is 2.03. The summed E-state index contributed by atoms with van der Waals surface area (Å²) in [4.78, 5) is 28.7. The molecule has 0 saturated heterocycles. The summed E-state index contributed by atoms with van der Waals surface area (Å²) in [6.07, 6.45) is 1.90. The Balaban J connectivity index is 1.62. The lowest BCUT2D eigenvalue weighted by atomic mass is 10.1. The minimum absolute atomic E-state index is 0.00163. The van der Waals surface area contributed by atoms with Crippen LogP contribution in [0, 0.1) is 6.92 Å². The van der Waals surface area contributed by atoms with Crippen molar-refractivity contribution < 1.29 is 22.4 Å². The van der Waals surface area contributed by atoms with Crippen LogP contribution in [0.5, 0.6) is 0 Å². The molecule has 3 N–H and O–H groups in total. The number of hydrogen-bond acceptors (Lipinski definition) is 7. The normalized spacial score (nSPS) is 11.2. The van der Waals surface area contributed by atoms with Gasteiger partial charge in [-0.3, -0.25) is 19.6 Å². The lowest BCUT2D eigenvalue weighted by Crippen LogP contribution is -2.18. The number of thiazole rings is 1. The Bertz CT molecular complexity index is 1170. The van der Waals surface area contributed by atoms with E-state index in [-0.39, 0.29) is 23.8 Å². The fraction of sp³-hybridized carbons (Fsp3) is 0.250. The molecule has 9 nitrogen and oxygen atoms in total. The fourth-order valence-electron chi connectivity index (χ4n) is 2.74. The first-order valence-corrected chi connectivity index (χ1v) is 12.0. The van der Waals surface area contributed by atoms with Crippen molar-refractivity contribution in [3.63, 3.8) is 0 Å². The number of benzene rings is 1. The third-order valence-electron chi connectivity index (χ3n) is 4.21. The van der Waals surface area contributed by atoms with Crippen LogP contribution in [-0.2, 0) is 21.2 Å². The molecule has 0 aliphatic carbocycles. The van der Waals surface area contributed by atoms with Crippen LogP contribution in [-0.4, -0.2) is 31.0 Å². The smallest absolute Gasteiger partial charge is 0.293 e. The number of sulfonamides is 1. The number of hydrogen-bond donors (Lipinski definition) is 3. The van der Waals surface area contributed by atoms with Crippen LogP contribution in [0.25, 0.3) is 0 Å². The lowest BCUT2D eigenvalue weighted by molar-refractivity contribution is -0.115. The van der Waals surface area contributed by atoms with E-state index >= 15 is 0 Å². The lowest BCUT2D eigenvalue weighted by Gasteiger charge is -2.14. The van der Waals surface area contributed by atoms with Crippen molar-refractivity contribution in [2.24, 2.45) is 0 Å².